The second-order valence-electron chi connectivity index (χ2n) is 2.88. The number of carbonyl (C=O) groups is 2. The van der Waals surface area contributed by atoms with Gasteiger partial charge in [-0.25, -0.2) is 4.79 Å². The summed E-state index contributed by atoms with van der Waals surface area (Å²) in [5, 5.41) is 11.2. The van der Waals surface area contributed by atoms with Crippen molar-refractivity contribution in [3.8, 4) is 0 Å². The molecule has 1 aromatic carbocycles. The Morgan fingerprint density at radius 1 is 1.29 bits per heavy atom. The molecular formula is C10H11NO3. The van der Waals surface area contributed by atoms with Crippen LogP contribution >= 0.6 is 0 Å². The van der Waals surface area contributed by atoms with Crippen molar-refractivity contribution in [1.29, 1.82) is 0 Å². The molecule has 0 heterocycles. The summed E-state index contributed by atoms with van der Waals surface area (Å²) in [6, 6.07) is 7.61. The summed E-state index contributed by atoms with van der Waals surface area (Å²) in [6.07, 6.45) is 0. The van der Waals surface area contributed by atoms with Crippen molar-refractivity contribution in [1.82, 2.24) is 5.32 Å². The first-order chi connectivity index (χ1) is 6.61. The fourth-order valence-corrected chi connectivity index (χ4v) is 1.14. The number of carbonyl (C=O) groups excluding carboxylic acids is 1. The Morgan fingerprint density at radius 2 is 1.86 bits per heavy atom. The van der Waals surface area contributed by atoms with E-state index in [0.29, 0.717) is 5.56 Å². The predicted molar refractivity (Wildman–Crippen MR) is 50.6 cm³/mol. The van der Waals surface area contributed by atoms with E-state index in [1.54, 1.807) is 30.3 Å². The van der Waals surface area contributed by atoms with Gasteiger partial charge in [-0.1, -0.05) is 30.3 Å². The molecule has 1 unspecified atom stereocenters. The lowest BCUT2D eigenvalue weighted by Crippen LogP contribution is -2.31. The topological polar surface area (TPSA) is 66.4 Å². The molecule has 0 radical (unpaired) electrons. The highest BCUT2D eigenvalue weighted by molar-refractivity contribution is 5.83. The van der Waals surface area contributed by atoms with Crippen LogP contribution in [0.5, 0.6) is 0 Å². The third-order valence-electron chi connectivity index (χ3n) is 1.73. The van der Waals surface area contributed by atoms with Gasteiger partial charge in [-0.15, -0.1) is 0 Å². The Balaban J connectivity index is 2.89. The van der Waals surface area contributed by atoms with E-state index >= 15 is 0 Å². The monoisotopic (exact) mass is 193 g/mol. The summed E-state index contributed by atoms with van der Waals surface area (Å²) in [5.41, 5.74) is 0.565. The van der Waals surface area contributed by atoms with E-state index < -0.39 is 12.0 Å². The lowest BCUT2D eigenvalue weighted by atomic mass is 10.1. The van der Waals surface area contributed by atoms with E-state index in [2.05, 4.69) is 5.32 Å². The van der Waals surface area contributed by atoms with Gasteiger partial charge >= 0.3 is 5.97 Å². The summed E-state index contributed by atoms with van der Waals surface area (Å²) >= 11 is 0. The van der Waals surface area contributed by atoms with E-state index in [0.717, 1.165) is 0 Å². The van der Waals surface area contributed by atoms with E-state index in [-0.39, 0.29) is 5.91 Å². The SMILES string of the molecule is CC(=O)NC(C(=O)O)c1ccccc1. The molecular weight excluding hydrogens is 182 g/mol. The largest absolute Gasteiger partial charge is 0.479 e. The Bertz CT molecular complexity index is 334. The van der Waals surface area contributed by atoms with Gasteiger partial charge in [0.05, 0.1) is 0 Å². The number of carboxylic acids is 1. The first-order valence-electron chi connectivity index (χ1n) is 4.16. The normalized spacial score (nSPS) is 11.8. The zero-order chi connectivity index (χ0) is 10.6. The number of benzene rings is 1. The molecule has 0 spiro atoms. The van der Waals surface area contributed by atoms with E-state index in [1.807, 2.05) is 0 Å². The van der Waals surface area contributed by atoms with Crippen LogP contribution in [0.15, 0.2) is 30.3 Å². The van der Waals surface area contributed by atoms with Gasteiger partial charge in [-0.2, -0.15) is 0 Å². The van der Waals surface area contributed by atoms with Crippen molar-refractivity contribution in [2.75, 3.05) is 0 Å². The standard InChI is InChI=1S/C10H11NO3/c1-7(12)11-9(10(13)14)8-5-3-2-4-6-8/h2-6,9H,1H3,(H,11,12)(H,13,14). The van der Waals surface area contributed by atoms with Gasteiger partial charge < -0.3 is 10.4 Å². The number of aliphatic carboxylic acids is 1. The van der Waals surface area contributed by atoms with Crippen molar-refractivity contribution < 1.29 is 14.7 Å². The van der Waals surface area contributed by atoms with E-state index in [9.17, 15) is 9.59 Å². The summed E-state index contributed by atoms with van der Waals surface area (Å²) in [5.74, 6) is -1.42. The Kier molecular flexibility index (Phi) is 3.23. The molecule has 1 rings (SSSR count). The maximum Gasteiger partial charge on any atom is 0.330 e. The minimum Gasteiger partial charge on any atom is -0.479 e. The Hall–Kier alpha value is -1.84. The summed E-state index contributed by atoms with van der Waals surface area (Å²) in [7, 11) is 0. The van der Waals surface area contributed by atoms with Crippen molar-refractivity contribution in [2.24, 2.45) is 0 Å². The molecule has 74 valence electrons. The van der Waals surface area contributed by atoms with Gasteiger partial charge in [0.25, 0.3) is 0 Å². The van der Waals surface area contributed by atoms with Crippen LogP contribution in [0.25, 0.3) is 0 Å². The Labute approximate surface area is 81.6 Å². The molecule has 0 aliphatic rings. The number of nitrogens with one attached hydrogen (secondary N) is 1. The van der Waals surface area contributed by atoms with Crippen molar-refractivity contribution in [2.45, 2.75) is 13.0 Å². The second-order valence-corrected chi connectivity index (χ2v) is 2.88. The molecule has 1 aromatic rings. The maximum atomic E-state index is 10.8. The van der Waals surface area contributed by atoms with Gasteiger partial charge in [0, 0.05) is 6.92 Å². The average Bonchev–Trinajstić information content (AvgIpc) is 2.15. The zero-order valence-electron chi connectivity index (χ0n) is 7.73. The highest BCUT2D eigenvalue weighted by Gasteiger charge is 2.19. The molecule has 4 nitrogen and oxygen atoms in total. The molecule has 0 aliphatic heterocycles. The summed E-state index contributed by atoms with van der Waals surface area (Å²) < 4.78 is 0. The fourth-order valence-electron chi connectivity index (χ4n) is 1.14. The molecule has 0 saturated heterocycles. The fraction of sp³-hybridized carbons (Fsp3) is 0.200. The molecule has 4 heteroatoms. The van der Waals surface area contributed by atoms with Crippen LogP contribution in [-0.2, 0) is 9.59 Å². The molecule has 14 heavy (non-hydrogen) atoms. The van der Waals surface area contributed by atoms with Crippen molar-refractivity contribution >= 4 is 11.9 Å². The van der Waals surface area contributed by atoms with Gasteiger partial charge in [0.1, 0.15) is 0 Å². The first-order valence-corrected chi connectivity index (χ1v) is 4.16. The van der Waals surface area contributed by atoms with Crippen LogP contribution in [0.3, 0.4) is 0 Å². The quantitative estimate of drug-likeness (QED) is 0.751. The average molecular weight is 193 g/mol. The molecule has 0 fully saturated rings. The first kappa shape index (κ1) is 10.2. The highest BCUT2D eigenvalue weighted by atomic mass is 16.4. The number of hydrogen-bond donors (Lipinski definition) is 2. The smallest absolute Gasteiger partial charge is 0.330 e. The lowest BCUT2D eigenvalue weighted by Gasteiger charge is -2.12. The van der Waals surface area contributed by atoms with Gasteiger partial charge in [0.2, 0.25) is 5.91 Å². The van der Waals surface area contributed by atoms with Gasteiger partial charge in [0.15, 0.2) is 6.04 Å². The number of rotatable bonds is 3. The highest BCUT2D eigenvalue weighted by Crippen LogP contribution is 2.12. The van der Waals surface area contributed by atoms with E-state index in [4.69, 9.17) is 5.11 Å². The minimum atomic E-state index is -1.06. The van der Waals surface area contributed by atoms with E-state index in [1.165, 1.54) is 6.92 Å². The van der Waals surface area contributed by atoms with Crippen LogP contribution in [-0.4, -0.2) is 17.0 Å². The maximum absolute atomic E-state index is 10.8. The predicted octanol–water partition coefficient (Wildman–Crippen LogP) is 0.948. The number of hydrogen-bond acceptors (Lipinski definition) is 2. The van der Waals surface area contributed by atoms with Crippen LogP contribution in [0.1, 0.15) is 18.5 Å². The van der Waals surface area contributed by atoms with Crippen molar-refractivity contribution in [3.05, 3.63) is 35.9 Å². The number of amides is 1. The van der Waals surface area contributed by atoms with Crippen LogP contribution in [0.4, 0.5) is 0 Å². The number of carboxylic acid groups (broad SMARTS) is 1. The lowest BCUT2D eigenvalue weighted by molar-refractivity contribution is -0.141. The van der Waals surface area contributed by atoms with Crippen LogP contribution < -0.4 is 5.32 Å². The molecule has 0 bridgehead atoms. The van der Waals surface area contributed by atoms with Crippen LogP contribution in [0.2, 0.25) is 0 Å². The van der Waals surface area contributed by atoms with Gasteiger partial charge in [-0.3, -0.25) is 4.79 Å². The molecule has 0 aliphatic carbocycles. The molecule has 1 atom stereocenters. The molecule has 0 saturated carbocycles. The minimum absolute atomic E-state index is 0.360. The van der Waals surface area contributed by atoms with Crippen molar-refractivity contribution in [3.63, 3.8) is 0 Å². The Morgan fingerprint density at radius 3 is 2.29 bits per heavy atom. The summed E-state index contributed by atoms with van der Waals surface area (Å²) in [6.45, 7) is 1.29. The molecule has 1 amide bonds. The second kappa shape index (κ2) is 4.41. The summed E-state index contributed by atoms with van der Waals surface area (Å²) in [4.78, 5) is 21.6. The van der Waals surface area contributed by atoms with Crippen LogP contribution in [0, 0.1) is 0 Å². The molecule has 2 N–H and O–H groups in total. The third-order valence-corrected chi connectivity index (χ3v) is 1.73. The zero-order valence-corrected chi connectivity index (χ0v) is 7.73. The van der Waals surface area contributed by atoms with Gasteiger partial charge in [-0.05, 0) is 5.56 Å². The third kappa shape index (κ3) is 2.58. The molecule has 0 aromatic heterocycles.